The number of amides is 1. The zero-order chi connectivity index (χ0) is 56.4. The number of likely N-dealkylation sites (N-methyl/N-ethyl adjacent to an activating group) is 1. The van der Waals surface area contributed by atoms with Crippen molar-refractivity contribution in [2.45, 2.75) is 277 Å². The molecule has 0 bridgehead atoms. The number of carbonyl (C=O) groups is 2. The Morgan fingerprint density at radius 1 is 0.468 bits per heavy atom. The maximum atomic E-state index is 13.5. The highest BCUT2D eigenvalue weighted by molar-refractivity contribution is 7.45. The SMILES string of the molecule is CC/C=C\C/C=C\C/C=C\C/C=C\C/C=C\CCCCCCCC(=O)NC(COP(=O)([O-])OCC[N+](C)(C)C)C(/C=C\CCCCCCCCCCCCC)OC(=O)CCCCCCCCC/C=C\C/C=C\CCCCC. The van der Waals surface area contributed by atoms with Crippen molar-refractivity contribution >= 4 is 19.7 Å². The molecule has 3 unspecified atom stereocenters. The van der Waals surface area contributed by atoms with E-state index in [-0.39, 0.29) is 31.3 Å². The van der Waals surface area contributed by atoms with Gasteiger partial charge in [-0.3, -0.25) is 14.2 Å². The number of hydrogen-bond donors (Lipinski definition) is 1. The van der Waals surface area contributed by atoms with Crippen LogP contribution in [0.15, 0.2) is 97.2 Å². The zero-order valence-electron chi connectivity index (χ0n) is 50.6. The number of quaternary nitrogens is 1. The summed E-state index contributed by atoms with van der Waals surface area (Å²) in [7, 11) is 1.16. The van der Waals surface area contributed by atoms with Gasteiger partial charge in [0.1, 0.15) is 19.3 Å². The molecule has 0 rings (SSSR count). The van der Waals surface area contributed by atoms with Gasteiger partial charge < -0.3 is 28.5 Å². The van der Waals surface area contributed by atoms with Gasteiger partial charge in [0.25, 0.3) is 7.82 Å². The molecule has 1 N–H and O–H groups in total. The van der Waals surface area contributed by atoms with E-state index in [9.17, 15) is 19.0 Å². The summed E-state index contributed by atoms with van der Waals surface area (Å²) in [4.78, 5) is 40.0. The van der Waals surface area contributed by atoms with Crippen LogP contribution < -0.4 is 10.2 Å². The Hall–Kier alpha value is -3.07. The lowest BCUT2D eigenvalue weighted by molar-refractivity contribution is -0.870. The molecular formula is C67H119N2O7P. The van der Waals surface area contributed by atoms with Crippen LogP contribution in [0.1, 0.15) is 265 Å². The summed E-state index contributed by atoms with van der Waals surface area (Å²) < 4.78 is 30.3. The number of nitrogens with zero attached hydrogens (tertiary/aromatic N) is 1. The topological polar surface area (TPSA) is 114 Å². The van der Waals surface area contributed by atoms with Gasteiger partial charge >= 0.3 is 5.97 Å². The van der Waals surface area contributed by atoms with E-state index in [0.717, 1.165) is 116 Å². The molecule has 0 aromatic heterocycles. The Kier molecular flexibility index (Phi) is 54.0. The molecule has 0 spiro atoms. The lowest BCUT2D eigenvalue weighted by atomic mass is 10.0. The Bertz CT molecular complexity index is 1640. The minimum absolute atomic E-state index is 0.0321. The van der Waals surface area contributed by atoms with Crippen LogP contribution in [0.2, 0.25) is 0 Å². The average molecular weight is 1100 g/mol. The molecule has 0 saturated heterocycles. The van der Waals surface area contributed by atoms with E-state index in [1.807, 2.05) is 33.3 Å². The molecule has 3 atom stereocenters. The third-order valence-electron chi connectivity index (χ3n) is 13.5. The summed E-state index contributed by atoms with van der Waals surface area (Å²) in [5.41, 5.74) is 0. The summed E-state index contributed by atoms with van der Waals surface area (Å²) in [6, 6.07) is -0.908. The van der Waals surface area contributed by atoms with E-state index in [4.69, 9.17) is 13.8 Å². The minimum atomic E-state index is -4.71. The first-order valence-corrected chi connectivity index (χ1v) is 33.0. The maximum Gasteiger partial charge on any atom is 0.306 e. The summed E-state index contributed by atoms with van der Waals surface area (Å²) in [6.45, 7) is 6.68. The van der Waals surface area contributed by atoms with Crippen molar-refractivity contribution < 1.29 is 37.3 Å². The van der Waals surface area contributed by atoms with Crippen molar-refractivity contribution in [3.05, 3.63) is 97.2 Å². The predicted molar refractivity (Wildman–Crippen MR) is 330 cm³/mol. The van der Waals surface area contributed by atoms with E-state index in [2.05, 4.69) is 111 Å². The fraction of sp³-hybridized carbons (Fsp3) is 0.731. The molecule has 444 valence electrons. The van der Waals surface area contributed by atoms with Crippen LogP contribution in [0.3, 0.4) is 0 Å². The van der Waals surface area contributed by atoms with Gasteiger partial charge in [-0.05, 0) is 109 Å². The summed E-state index contributed by atoms with van der Waals surface area (Å²) in [5, 5.41) is 3.02. The number of hydrogen-bond acceptors (Lipinski definition) is 7. The molecule has 0 aliphatic rings. The third-order valence-corrected chi connectivity index (χ3v) is 14.5. The number of phosphoric ester groups is 1. The molecule has 9 nitrogen and oxygen atoms in total. The molecule has 0 radical (unpaired) electrons. The highest BCUT2D eigenvalue weighted by atomic mass is 31.2. The van der Waals surface area contributed by atoms with E-state index in [1.54, 1.807) is 0 Å². The number of esters is 1. The minimum Gasteiger partial charge on any atom is -0.756 e. The molecule has 77 heavy (non-hydrogen) atoms. The normalized spacial score (nSPS) is 14.3. The molecule has 0 saturated carbocycles. The van der Waals surface area contributed by atoms with Crippen molar-refractivity contribution in [3.8, 4) is 0 Å². The molecule has 0 aliphatic heterocycles. The van der Waals surface area contributed by atoms with Gasteiger partial charge in [-0.1, -0.05) is 240 Å². The number of phosphoric acid groups is 1. The molecule has 10 heteroatoms. The standard InChI is InChI=1S/C67H119N2O7P/c1-7-10-13-16-19-22-25-28-30-32-33-34-35-37-38-41-44-47-50-53-56-59-66(70)68-64(63-75-77(72,73)74-62-61-69(4,5)6)65(58-55-52-49-46-43-40-27-24-21-18-15-12-9-3)76-67(71)60-57-54-51-48-45-42-39-36-31-29-26-23-20-17-14-11-8-2/h10,13,19-20,22-23,28-31,33-34,37-38,55,58,64-65H,7-9,11-12,14-18,21,24-27,32,35-36,39-54,56-57,59-63H2,1-6H3,(H-,68,70,72,73)/b13-10-,22-19-,23-20-,30-28-,31-29-,34-33-,38-37-,58-55-. The van der Waals surface area contributed by atoms with Gasteiger partial charge in [0.05, 0.1) is 33.8 Å². The van der Waals surface area contributed by atoms with Crippen LogP contribution in [0.5, 0.6) is 0 Å². The molecule has 0 heterocycles. The van der Waals surface area contributed by atoms with Gasteiger partial charge in [-0.2, -0.15) is 0 Å². The second-order valence-corrected chi connectivity index (χ2v) is 23.6. The fourth-order valence-electron chi connectivity index (χ4n) is 8.64. The van der Waals surface area contributed by atoms with Gasteiger partial charge in [-0.25, -0.2) is 0 Å². The first-order chi connectivity index (χ1) is 37.4. The Morgan fingerprint density at radius 2 is 0.831 bits per heavy atom. The number of unbranched alkanes of at least 4 members (excludes halogenated alkanes) is 26. The monoisotopic (exact) mass is 1090 g/mol. The first-order valence-electron chi connectivity index (χ1n) is 31.5. The third kappa shape index (κ3) is 57.4. The van der Waals surface area contributed by atoms with Gasteiger partial charge in [0, 0.05) is 12.8 Å². The van der Waals surface area contributed by atoms with E-state index < -0.39 is 26.6 Å². The molecule has 0 aromatic rings. The Morgan fingerprint density at radius 3 is 1.27 bits per heavy atom. The van der Waals surface area contributed by atoms with E-state index >= 15 is 0 Å². The van der Waals surface area contributed by atoms with E-state index in [0.29, 0.717) is 23.9 Å². The number of allylic oxidation sites excluding steroid dienone is 15. The van der Waals surface area contributed by atoms with Crippen LogP contribution >= 0.6 is 7.82 Å². The van der Waals surface area contributed by atoms with Crippen molar-refractivity contribution in [1.29, 1.82) is 0 Å². The second kappa shape index (κ2) is 56.2. The van der Waals surface area contributed by atoms with Crippen molar-refractivity contribution in [3.63, 3.8) is 0 Å². The quantitative estimate of drug-likeness (QED) is 0.0212. The largest absolute Gasteiger partial charge is 0.756 e. The summed E-state index contributed by atoms with van der Waals surface area (Å²) in [6.07, 6.45) is 75.1. The molecular weight excluding hydrogens is 976 g/mol. The lowest BCUT2D eigenvalue weighted by Gasteiger charge is -2.30. The fourth-order valence-corrected chi connectivity index (χ4v) is 9.36. The summed E-state index contributed by atoms with van der Waals surface area (Å²) in [5.74, 6) is -0.574. The number of nitrogens with one attached hydrogen (secondary N) is 1. The van der Waals surface area contributed by atoms with Crippen molar-refractivity contribution in [2.24, 2.45) is 0 Å². The second-order valence-electron chi connectivity index (χ2n) is 22.2. The van der Waals surface area contributed by atoms with Gasteiger partial charge in [0.15, 0.2) is 0 Å². The van der Waals surface area contributed by atoms with Crippen molar-refractivity contribution in [2.75, 3.05) is 40.9 Å². The first kappa shape index (κ1) is 73.9. The number of carbonyl (C=O) groups excluding carboxylic acids is 2. The highest BCUT2D eigenvalue weighted by Gasteiger charge is 2.27. The lowest BCUT2D eigenvalue weighted by Crippen LogP contribution is -2.47. The number of rotatable bonds is 56. The zero-order valence-corrected chi connectivity index (χ0v) is 51.5. The van der Waals surface area contributed by atoms with Crippen LogP contribution in [-0.2, 0) is 27.9 Å². The Balaban J connectivity index is 5.33. The van der Waals surface area contributed by atoms with Crippen LogP contribution in [0.4, 0.5) is 0 Å². The van der Waals surface area contributed by atoms with Crippen LogP contribution in [-0.4, -0.2) is 69.4 Å². The number of ether oxygens (including phenoxy) is 1. The van der Waals surface area contributed by atoms with Crippen LogP contribution in [0.25, 0.3) is 0 Å². The predicted octanol–water partition coefficient (Wildman–Crippen LogP) is 18.9. The molecule has 0 aromatic carbocycles. The van der Waals surface area contributed by atoms with Crippen LogP contribution in [0, 0.1) is 0 Å². The van der Waals surface area contributed by atoms with Gasteiger partial charge in [-0.15, -0.1) is 0 Å². The smallest absolute Gasteiger partial charge is 0.306 e. The maximum absolute atomic E-state index is 13.5. The Labute approximate surface area is 475 Å². The van der Waals surface area contributed by atoms with E-state index in [1.165, 1.54) is 103 Å². The molecule has 1 amide bonds. The average Bonchev–Trinajstić information content (AvgIpc) is 3.39. The van der Waals surface area contributed by atoms with Gasteiger partial charge in [0.2, 0.25) is 5.91 Å². The molecule has 0 aliphatic carbocycles. The highest BCUT2D eigenvalue weighted by Crippen LogP contribution is 2.38. The van der Waals surface area contributed by atoms with Crippen molar-refractivity contribution in [1.82, 2.24) is 5.32 Å². The molecule has 0 fully saturated rings. The summed E-state index contributed by atoms with van der Waals surface area (Å²) >= 11 is 0.